The lowest BCUT2D eigenvalue weighted by atomic mass is 10.3. The van der Waals surface area contributed by atoms with E-state index in [4.69, 9.17) is 16.0 Å². The number of rotatable bonds is 3. The predicted molar refractivity (Wildman–Crippen MR) is 62.2 cm³/mol. The van der Waals surface area contributed by atoms with E-state index in [-0.39, 0.29) is 5.82 Å². The second-order valence-corrected chi connectivity index (χ2v) is 3.93. The van der Waals surface area contributed by atoms with Crippen molar-refractivity contribution in [2.45, 2.75) is 13.5 Å². The minimum atomic E-state index is -0.326. The van der Waals surface area contributed by atoms with Gasteiger partial charge in [-0.1, -0.05) is 11.6 Å². The molecule has 0 aliphatic carbocycles. The van der Waals surface area contributed by atoms with Crippen molar-refractivity contribution in [1.82, 2.24) is 0 Å². The molecule has 1 heterocycles. The number of aryl methyl sites for hydroxylation is 1. The fourth-order valence-electron chi connectivity index (χ4n) is 1.40. The van der Waals surface area contributed by atoms with Gasteiger partial charge < -0.3 is 9.73 Å². The van der Waals surface area contributed by atoms with Gasteiger partial charge in [0, 0.05) is 5.02 Å². The summed E-state index contributed by atoms with van der Waals surface area (Å²) in [7, 11) is 0. The van der Waals surface area contributed by atoms with Crippen molar-refractivity contribution in [1.29, 1.82) is 0 Å². The molecule has 0 atom stereocenters. The van der Waals surface area contributed by atoms with Crippen molar-refractivity contribution in [2.75, 3.05) is 5.32 Å². The zero-order valence-corrected chi connectivity index (χ0v) is 9.51. The number of furan rings is 1. The van der Waals surface area contributed by atoms with Gasteiger partial charge in [-0.3, -0.25) is 0 Å². The van der Waals surface area contributed by atoms with Crippen molar-refractivity contribution in [3.8, 4) is 0 Å². The van der Waals surface area contributed by atoms with Crippen LogP contribution < -0.4 is 5.32 Å². The minimum absolute atomic E-state index is 0.326. The summed E-state index contributed by atoms with van der Waals surface area (Å²) in [5, 5.41) is 3.43. The summed E-state index contributed by atoms with van der Waals surface area (Å²) >= 11 is 5.77. The van der Waals surface area contributed by atoms with Crippen LogP contribution >= 0.6 is 11.6 Å². The molecule has 0 saturated carbocycles. The highest BCUT2D eigenvalue weighted by Gasteiger charge is 2.04. The van der Waals surface area contributed by atoms with Gasteiger partial charge in [-0.05, 0) is 37.3 Å². The van der Waals surface area contributed by atoms with Gasteiger partial charge in [0.15, 0.2) is 0 Å². The monoisotopic (exact) mass is 239 g/mol. The van der Waals surface area contributed by atoms with Crippen LogP contribution in [-0.4, -0.2) is 0 Å². The van der Waals surface area contributed by atoms with E-state index in [9.17, 15) is 4.39 Å². The molecule has 0 fully saturated rings. The van der Waals surface area contributed by atoms with Crippen LogP contribution in [0.2, 0.25) is 5.02 Å². The van der Waals surface area contributed by atoms with Crippen molar-refractivity contribution >= 4 is 17.3 Å². The molecule has 0 spiro atoms. The van der Waals surface area contributed by atoms with Crippen LogP contribution in [0.3, 0.4) is 0 Å². The summed E-state index contributed by atoms with van der Waals surface area (Å²) < 4.78 is 18.7. The fourth-order valence-corrected chi connectivity index (χ4v) is 1.57. The molecule has 4 heteroatoms. The van der Waals surface area contributed by atoms with Gasteiger partial charge >= 0.3 is 0 Å². The summed E-state index contributed by atoms with van der Waals surface area (Å²) in [6.07, 6.45) is 0. The van der Waals surface area contributed by atoms with E-state index >= 15 is 0 Å². The Balaban J connectivity index is 2.07. The molecule has 0 saturated heterocycles. The number of hydrogen-bond donors (Lipinski definition) is 1. The van der Waals surface area contributed by atoms with E-state index in [1.165, 1.54) is 12.1 Å². The van der Waals surface area contributed by atoms with Crippen LogP contribution in [0.4, 0.5) is 10.1 Å². The zero-order chi connectivity index (χ0) is 11.5. The standard InChI is InChI=1S/C12H11ClFNO/c1-8-2-4-10(16-8)7-15-12-6-9(13)3-5-11(12)14/h2-6,15H,7H2,1H3. The van der Waals surface area contributed by atoms with Crippen LogP contribution in [-0.2, 0) is 6.54 Å². The smallest absolute Gasteiger partial charge is 0.146 e. The van der Waals surface area contributed by atoms with E-state index in [2.05, 4.69) is 5.32 Å². The summed E-state index contributed by atoms with van der Waals surface area (Å²) in [5.41, 5.74) is 0.376. The summed E-state index contributed by atoms with van der Waals surface area (Å²) in [4.78, 5) is 0. The molecule has 16 heavy (non-hydrogen) atoms. The molecular formula is C12H11ClFNO. The Bertz CT molecular complexity index is 496. The highest BCUT2D eigenvalue weighted by Crippen LogP contribution is 2.20. The third kappa shape index (κ3) is 2.55. The minimum Gasteiger partial charge on any atom is -0.465 e. The van der Waals surface area contributed by atoms with Gasteiger partial charge in [-0.25, -0.2) is 4.39 Å². The first-order valence-electron chi connectivity index (χ1n) is 4.89. The molecule has 2 rings (SSSR count). The number of halogens is 2. The molecule has 1 aromatic heterocycles. The topological polar surface area (TPSA) is 25.2 Å². The van der Waals surface area contributed by atoms with Crippen LogP contribution in [0.15, 0.2) is 34.7 Å². The fraction of sp³-hybridized carbons (Fsp3) is 0.167. The largest absolute Gasteiger partial charge is 0.465 e. The first-order chi connectivity index (χ1) is 7.65. The van der Waals surface area contributed by atoms with E-state index in [0.29, 0.717) is 17.3 Å². The Hall–Kier alpha value is -1.48. The lowest BCUT2D eigenvalue weighted by Gasteiger charge is -2.06. The van der Waals surface area contributed by atoms with Gasteiger partial charge in [0.05, 0.1) is 12.2 Å². The van der Waals surface area contributed by atoms with Crippen LogP contribution in [0.5, 0.6) is 0 Å². The average molecular weight is 240 g/mol. The summed E-state index contributed by atoms with van der Waals surface area (Å²) in [5.74, 6) is 1.27. The first-order valence-corrected chi connectivity index (χ1v) is 5.27. The van der Waals surface area contributed by atoms with Crippen molar-refractivity contribution in [2.24, 2.45) is 0 Å². The average Bonchev–Trinajstić information content (AvgIpc) is 2.66. The van der Waals surface area contributed by atoms with E-state index in [1.807, 2.05) is 19.1 Å². The van der Waals surface area contributed by atoms with Crippen LogP contribution in [0.25, 0.3) is 0 Å². The maximum absolute atomic E-state index is 13.3. The molecule has 2 nitrogen and oxygen atoms in total. The molecule has 1 N–H and O–H groups in total. The SMILES string of the molecule is Cc1ccc(CNc2cc(Cl)ccc2F)o1. The third-order valence-corrected chi connectivity index (χ3v) is 2.41. The second kappa shape index (κ2) is 4.58. The number of nitrogens with one attached hydrogen (secondary N) is 1. The van der Waals surface area contributed by atoms with Crippen molar-refractivity contribution in [3.63, 3.8) is 0 Å². The van der Waals surface area contributed by atoms with Crippen LogP contribution in [0, 0.1) is 12.7 Å². The molecule has 84 valence electrons. The van der Waals surface area contributed by atoms with E-state index in [0.717, 1.165) is 11.5 Å². The summed E-state index contributed by atoms with van der Waals surface area (Å²) in [6, 6.07) is 8.11. The normalized spacial score (nSPS) is 10.4. The zero-order valence-electron chi connectivity index (χ0n) is 8.76. The lowest BCUT2D eigenvalue weighted by molar-refractivity contribution is 0.490. The van der Waals surface area contributed by atoms with Gasteiger partial charge in [-0.15, -0.1) is 0 Å². The van der Waals surface area contributed by atoms with E-state index < -0.39 is 0 Å². The van der Waals surface area contributed by atoms with Gasteiger partial charge in [0.2, 0.25) is 0 Å². The molecule has 0 aliphatic heterocycles. The Morgan fingerprint density at radius 1 is 1.31 bits per heavy atom. The predicted octanol–water partition coefficient (Wildman–Crippen LogP) is 3.99. The lowest BCUT2D eigenvalue weighted by Crippen LogP contribution is -2.00. The van der Waals surface area contributed by atoms with Crippen molar-refractivity contribution < 1.29 is 8.81 Å². The second-order valence-electron chi connectivity index (χ2n) is 3.49. The first kappa shape index (κ1) is 11.0. The quantitative estimate of drug-likeness (QED) is 0.876. The van der Waals surface area contributed by atoms with Crippen LogP contribution in [0.1, 0.15) is 11.5 Å². The number of benzene rings is 1. The molecule has 0 unspecified atom stereocenters. The number of hydrogen-bond acceptors (Lipinski definition) is 2. The molecule has 0 radical (unpaired) electrons. The van der Waals surface area contributed by atoms with Gasteiger partial charge in [-0.2, -0.15) is 0 Å². The highest BCUT2D eigenvalue weighted by atomic mass is 35.5. The number of anilines is 1. The molecule has 1 aromatic carbocycles. The van der Waals surface area contributed by atoms with Gasteiger partial charge in [0.1, 0.15) is 17.3 Å². The molecule has 0 aliphatic rings. The third-order valence-electron chi connectivity index (χ3n) is 2.18. The maximum Gasteiger partial charge on any atom is 0.146 e. The molecule has 0 amide bonds. The Morgan fingerprint density at radius 3 is 2.81 bits per heavy atom. The summed E-state index contributed by atoms with van der Waals surface area (Å²) in [6.45, 7) is 2.30. The van der Waals surface area contributed by atoms with Crippen molar-refractivity contribution in [3.05, 3.63) is 52.7 Å². The van der Waals surface area contributed by atoms with E-state index in [1.54, 1.807) is 6.07 Å². The van der Waals surface area contributed by atoms with Gasteiger partial charge in [0.25, 0.3) is 0 Å². The Kier molecular flexibility index (Phi) is 3.15. The Labute approximate surface area is 98.0 Å². The highest BCUT2D eigenvalue weighted by molar-refractivity contribution is 6.30. The molecule has 0 bridgehead atoms. The Morgan fingerprint density at radius 2 is 2.12 bits per heavy atom. The molecule has 2 aromatic rings. The molecular weight excluding hydrogens is 229 g/mol. The maximum atomic E-state index is 13.3.